The van der Waals surface area contributed by atoms with Crippen molar-refractivity contribution in [2.75, 3.05) is 39.9 Å². The molecule has 1 saturated heterocycles. The topological polar surface area (TPSA) is 72.0 Å². The second kappa shape index (κ2) is 9.26. The smallest absolute Gasteiger partial charge is 0.409 e. The van der Waals surface area contributed by atoms with Crippen LogP contribution in [0.2, 0.25) is 0 Å². The van der Waals surface area contributed by atoms with Crippen molar-refractivity contribution in [3.63, 3.8) is 0 Å². The molecule has 0 saturated carbocycles. The van der Waals surface area contributed by atoms with Gasteiger partial charge in [0.15, 0.2) is 0 Å². The minimum Gasteiger partial charge on any atom is -0.497 e. The Labute approximate surface area is 187 Å². The van der Waals surface area contributed by atoms with Gasteiger partial charge in [-0.1, -0.05) is 11.6 Å². The van der Waals surface area contributed by atoms with Crippen molar-refractivity contribution in [1.82, 2.24) is 14.8 Å². The molecular formula is C25H27N3O4. The van der Waals surface area contributed by atoms with Gasteiger partial charge in [0.1, 0.15) is 5.75 Å². The summed E-state index contributed by atoms with van der Waals surface area (Å²) in [6.45, 7) is 5.97. The van der Waals surface area contributed by atoms with Gasteiger partial charge in [-0.05, 0) is 56.3 Å². The third-order valence-electron chi connectivity index (χ3n) is 5.67. The minimum absolute atomic E-state index is 0.0544. The molecule has 32 heavy (non-hydrogen) atoms. The molecule has 0 radical (unpaired) electrons. The molecule has 1 aliphatic heterocycles. The predicted octanol–water partition coefficient (Wildman–Crippen LogP) is 4.13. The maximum Gasteiger partial charge on any atom is 0.409 e. The number of amides is 2. The highest BCUT2D eigenvalue weighted by Crippen LogP contribution is 2.28. The summed E-state index contributed by atoms with van der Waals surface area (Å²) in [5.41, 5.74) is 4.11. The maximum absolute atomic E-state index is 13.6. The summed E-state index contributed by atoms with van der Waals surface area (Å²) >= 11 is 0. The number of benzene rings is 2. The molecule has 4 rings (SSSR count). The lowest BCUT2D eigenvalue weighted by atomic mass is 10.0. The van der Waals surface area contributed by atoms with Crippen molar-refractivity contribution < 1.29 is 19.1 Å². The van der Waals surface area contributed by atoms with Crippen molar-refractivity contribution >= 4 is 22.9 Å². The van der Waals surface area contributed by atoms with Crippen molar-refractivity contribution in [1.29, 1.82) is 0 Å². The molecule has 7 heteroatoms. The monoisotopic (exact) mass is 433 g/mol. The Hall–Kier alpha value is -3.61. The van der Waals surface area contributed by atoms with Gasteiger partial charge in [0.2, 0.25) is 0 Å². The first-order valence-electron chi connectivity index (χ1n) is 10.8. The van der Waals surface area contributed by atoms with Crippen LogP contribution >= 0.6 is 0 Å². The molecular weight excluding hydrogens is 406 g/mol. The number of nitrogens with zero attached hydrogens (tertiary/aromatic N) is 3. The van der Waals surface area contributed by atoms with Gasteiger partial charge in [-0.15, -0.1) is 0 Å². The molecule has 1 fully saturated rings. The van der Waals surface area contributed by atoms with E-state index in [1.54, 1.807) is 23.8 Å². The molecule has 1 aromatic heterocycles. The summed E-state index contributed by atoms with van der Waals surface area (Å²) in [7, 11) is 1.63. The number of fused-ring (bicyclic) bond motifs is 1. The average Bonchev–Trinajstić information content (AvgIpc) is 2.83. The SMILES string of the molecule is CCOC(=O)N1CCN(C(=O)c2cc(-c3ccc(OC)cc3)nc3ccc(C)cc23)CC1. The van der Waals surface area contributed by atoms with E-state index < -0.39 is 0 Å². The van der Waals surface area contributed by atoms with Crippen LogP contribution in [0.15, 0.2) is 48.5 Å². The molecule has 166 valence electrons. The second-order valence-corrected chi connectivity index (χ2v) is 7.78. The Morgan fingerprint density at radius 2 is 1.66 bits per heavy atom. The lowest BCUT2D eigenvalue weighted by Crippen LogP contribution is -2.50. The molecule has 0 atom stereocenters. The lowest BCUT2D eigenvalue weighted by molar-refractivity contribution is 0.0572. The van der Waals surface area contributed by atoms with Gasteiger partial charge >= 0.3 is 6.09 Å². The van der Waals surface area contributed by atoms with E-state index in [0.29, 0.717) is 38.3 Å². The number of aryl methyl sites for hydroxylation is 1. The van der Waals surface area contributed by atoms with E-state index in [2.05, 4.69) is 0 Å². The van der Waals surface area contributed by atoms with Crippen LogP contribution in [0.3, 0.4) is 0 Å². The highest BCUT2D eigenvalue weighted by atomic mass is 16.6. The molecule has 7 nitrogen and oxygen atoms in total. The Morgan fingerprint density at radius 1 is 0.969 bits per heavy atom. The average molecular weight is 434 g/mol. The molecule has 3 aromatic rings. The van der Waals surface area contributed by atoms with E-state index in [-0.39, 0.29) is 12.0 Å². The Balaban J connectivity index is 1.66. The second-order valence-electron chi connectivity index (χ2n) is 7.78. The van der Waals surface area contributed by atoms with Crippen molar-refractivity contribution in [3.8, 4) is 17.0 Å². The van der Waals surface area contributed by atoms with E-state index in [9.17, 15) is 9.59 Å². The Kier molecular flexibility index (Phi) is 6.25. The number of aromatic nitrogens is 1. The van der Waals surface area contributed by atoms with Crippen LogP contribution in [0.25, 0.3) is 22.2 Å². The number of carbonyl (C=O) groups is 2. The third-order valence-corrected chi connectivity index (χ3v) is 5.67. The molecule has 0 bridgehead atoms. The van der Waals surface area contributed by atoms with Gasteiger partial charge in [0.05, 0.1) is 30.5 Å². The first kappa shape index (κ1) is 21.6. The van der Waals surface area contributed by atoms with Gasteiger partial charge in [-0.2, -0.15) is 0 Å². The Morgan fingerprint density at radius 3 is 2.31 bits per heavy atom. The van der Waals surface area contributed by atoms with Gasteiger partial charge in [0.25, 0.3) is 5.91 Å². The highest BCUT2D eigenvalue weighted by Gasteiger charge is 2.27. The van der Waals surface area contributed by atoms with E-state index in [4.69, 9.17) is 14.5 Å². The number of hydrogen-bond acceptors (Lipinski definition) is 5. The number of methoxy groups -OCH3 is 1. The van der Waals surface area contributed by atoms with Crippen molar-refractivity contribution in [2.24, 2.45) is 0 Å². The molecule has 2 amide bonds. The molecule has 0 unspecified atom stereocenters. The quantitative estimate of drug-likeness (QED) is 0.619. The van der Waals surface area contributed by atoms with Crippen LogP contribution in [-0.4, -0.2) is 66.7 Å². The fourth-order valence-corrected chi connectivity index (χ4v) is 3.90. The maximum atomic E-state index is 13.6. The molecule has 2 heterocycles. The number of carbonyl (C=O) groups excluding carboxylic acids is 2. The molecule has 0 spiro atoms. The third kappa shape index (κ3) is 4.37. The van der Waals surface area contributed by atoms with Crippen LogP contribution in [0.5, 0.6) is 5.75 Å². The zero-order valence-corrected chi connectivity index (χ0v) is 18.6. The largest absolute Gasteiger partial charge is 0.497 e. The van der Waals surface area contributed by atoms with Crippen LogP contribution in [0, 0.1) is 6.92 Å². The van der Waals surface area contributed by atoms with Crippen LogP contribution in [0.1, 0.15) is 22.8 Å². The van der Waals surface area contributed by atoms with E-state index >= 15 is 0 Å². The Bertz CT molecular complexity index is 1140. The normalized spacial score (nSPS) is 13.8. The standard InChI is InChI=1S/C25H27N3O4/c1-4-32-25(30)28-13-11-27(12-14-28)24(29)21-16-23(18-6-8-19(31-3)9-7-18)26-22-10-5-17(2)15-20(21)22/h5-10,15-16H,4,11-14H2,1-3H3. The van der Waals surface area contributed by atoms with Gasteiger partial charge in [-0.25, -0.2) is 9.78 Å². The summed E-state index contributed by atoms with van der Waals surface area (Å²) < 4.78 is 10.3. The van der Waals surface area contributed by atoms with Crippen LogP contribution in [0.4, 0.5) is 4.79 Å². The zero-order chi connectivity index (χ0) is 22.7. The summed E-state index contributed by atoms with van der Waals surface area (Å²) in [5.74, 6) is 0.710. The summed E-state index contributed by atoms with van der Waals surface area (Å²) in [6.07, 6.45) is -0.327. The number of rotatable bonds is 4. The zero-order valence-electron chi connectivity index (χ0n) is 18.6. The molecule has 0 N–H and O–H groups in total. The number of piperazine rings is 1. The van der Waals surface area contributed by atoms with E-state index in [0.717, 1.165) is 33.5 Å². The summed E-state index contributed by atoms with van der Waals surface area (Å²) in [5, 5.41) is 0.833. The molecule has 1 aliphatic rings. The van der Waals surface area contributed by atoms with E-state index in [1.165, 1.54) is 0 Å². The summed E-state index contributed by atoms with van der Waals surface area (Å²) in [6, 6.07) is 15.5. The fourth-order valence-electron chi connectivity index (χ4n) is 3.90. The minimum atomic E-state index is -0.327. The van der Waals surface area contributed by atoms with Crippen molar-refractivity contribution in [3.05, 3.63) is 59.7 Å². The number of ether oxygens (including phenoxy) is 2. The molecule has 0 aliphatic carbocycles. The lowest BCUT2D eigenvalue weighted by Gasteiger charge is -2.34. The molecule has 2 aromatic carbocycles. The van der Waals surface area contributed by atoms with Gasteiger partial charge in [-0.3, -0.25) is 4.79 Å². The highest BCUT2D eigenvalue weighted by molar-refractivity contribution is 6.07. The number of hydrogen-bond donors (Lipinski definition) is 0. The van der Waals surface area contributed by atoms with Crippen molar-refractivity contribution in [2.45, 2.75) is 13.8 Å². The summed E-state index contributed by atoms with van der Waals surface area (Å²) in [4.78, 5) is 33.8. The van der Waals surface area contributed by atoms with Crippen LogP contribution in [-0.2, 0) is 4.74 Å². The van der Waals surface area contributed by atoms with Crippen LogP contribution < -0.4 is 4.74 Å². The number of pyridine rings is 1. The van der Waals surface area contributed by atoms with Gasteiger partial charge < -0.3 is 19.3 Å². The first-order chi connectivity index (χ1) is 15.5. The predicted molar refractivity (Wildman–Crippen MR) is 123 cm³/mol. The van der Waals surface area contributed by atoms with Gasteiger partial charge in [0, 0.05) is 37.1 Å². The van der Waals surface area contributed by atoms with E-state index in [1.807, 2.05) is 55.5 Å². The first-order valence-corrected chi connectivity index (χ1v) is 10.8. The fraction of sp³-hybridized carbons (Fsp3) is 0.320.